The third kappa shape index (κ3) is 3.20. The second-order valence-electron chi connectivity index (χ2n) is 5.96. The number of likely N-dealkylation sites (tertiary alicyclic amines) is 1. The molecule has 0 saturated carbocycles. The Balaban J connectivity index is 1.60. The minimum atomic E-state index is -0.196. The zero-order valence-electron chi connectivity index (χ0n) is 12.4. The first kappa shape index (κ1) is 14.8. The van der Waals surface area contributed by atoms with Gasteiger partial charge in [-0.3, -0.25) is 4.90 Å². The van der Waals surface area contributed by atoms with Crippen molar-refractivity contribution in [1.29, 1.82) is 0 Å². The summed E-state index contributed by atoms with van der Waals surface area (Å²) in [4.78, 5) is 2.39. The van der Waals surface area contributed by atoms with Gasteiger partial charge in [0, 0.05) is 44.8 Å². The maximum atomic E-state index is 13.2. The van der Waals surface area contributed by atoms with Crippen molar-refractivity contribution >= 4 is 0 Å². The molecule has 2 N–H and O–H groups in total. The summed E-state index contributed by atoms with van der Waals surface area (Å²) in [7, 11) is 1.76. The van der Waals surface area contributed by atoms with Crippen molar-refractivity contribution in [3.8, 4) is 5.75 Å². The van der Waals surface area contributed by atoms with E-state index in [9.17, 15) is 4.39 Å². The number of ether oxygens (including phenoxy) is 2. The lowest BCUT2D eigenvalue weighted by molar-refractivity contribution is 0.00163. The summed E-state index contributed by atoms with van der Waals surface area (Å²) in [5, 5.41) is 0. The molecule has 3 atom stereocenters. The van der Waals surface area contributed by atoms with E-state index in [0.29, 0.717) is 18.7 Å². The minimum absolute atomic E-state index is 0.0925. The molecule has 3 unspecified atom stereocenters. The average Bonchev–Trinajstić information content (AvgIpc) is 2.89. The van der Waals surface area contributed by atoms with Gasteiger partial charge in [0.25, 0.3) is 0 Å². The lowest BCUT2D eigenvalue weighted by Gasteiger charge is -2.39. The summed E-state index contributed by atoms with van der Waals surface area (Å²) in [5.74, 6) is 0.621. The average molecular weight is 294 g/mol. The predicted octanol–water partition coefficient (Wildman–Crippen LogP) is 1.57. The molecule has 1 aromatic carbocycles. The van der Waals surface area contributed by atoms with Crippen molar-refractivity contribution in [2.24, 2.45) is 5.73 Å². The monoisotopic (exact) mass is 294 g/mol. The van der Waals surface area contributed by atoms with Gasteiger partial charge < -0.3 is 15.2 Å². The standard InChI is InChI=1S/C16H23FN2O2/c1-20-14-4-5-19(13(8-14)9-18)10-15-7-11-6-12(17)2-3-16(11)21-15/h2-3,6,13-15H,4-5,7-10,18H2,1H3. The van der Waals surface area contributed by atoms with Crippen molar-refractivity contribution in [2.75, 3.05) is 26.7 Å². The fraction of sp³-hybridized carbons (Fsp3) is 0.625. The van der Waals surface area contributed by atoms with Gasteiger partial charge >= 0.3 is 0 Å². The van der Waals surface area contributed by atoms with Crippen molar-refractivity contribution in [1.82, 2.24) is 4.90 Å². The summed E-state index contributed by atoms with van der Waals surface area (Å²) in [6.45, 7) is 2.45. The number of fused-ring (bicyclic) bond motifs is 1. The number of hydrogen-bond donors (Lipinski definition) is 1. The molecule has 0 amide bonds. The summed E-state index contributed by atoms with van der Waals surface area (Å²) in [6.07, 6.45) is 3.18. The molecule has 1 saturated heterocycles. The molecule has 2 aliphatic heterocycles. The second-order valence-corrected chi connectivity index (χ2v) is 5.96. The molecule has 1 fully saturated rings. The summed E-state index contributed by atoms with van der Waals surface area (Å²) >= 11 is 0. The molecule has 0 aromatic heterocycles. The van der Waals surface area contributed by atoms with Crippen LogP contribution in [0.5, 0.6) is 5.75 Å². The number of hydrogen-bond acceptors (Lipinski definition) is 4. The summed E-state index contributed by atoms with van der Waals surface area (Å²) < 4.78 is 24.6. The molecule has 21 heavy (non-hydrogen) atoms. The number of rotatable bonds is 4. The smallest absolute Gasteiger partial charge is 0.123 e. The molecule has 5 heteroatoms. The van der Waals surface area contributed by atoms with E-state index in [-0.39, 0.29) is 11.9 Å². The lowest BCUT2D eigenvalue weighted by Crippen LogP contribution is -2.51. The Kier molecular flexibility index (Phi) is 4.42. The quantitative estimate of drug-likeness (QED) is 0.915. The SMILES string of the molecule is COC1CCN(CC2Cc3cc(F)ccc3O2)C(CN)C1. The molecule has 4 nitrogen and oxygen atoms in total. The third-order valence-electron chi connectivity index (χ3n) is 4.60. The van der Waals surface area contributed by atoms with E-state index in [2.05, 4.69) is 4.90 Å². The van der Waals surface area contributed by atoms with Gasteiger partial charge in [0.2, 0.25) is 0 Å². The molecule has 0 bridgehead atoms. The predicted molar refractivity (Wildman–Crippen MR) is 79.0 cm³/mol. The Morgan fingerprint density at radius 3 is 3.10 bits per heavy atom. The van der Waals surface area contributed by atoms with Gasteiger partial charge in [0.1, 0.15) is 17.7 Å². The van der Waals surface area contributed by atoms with Crippen LogP contribution in [-0.4, -0.2) is 49.9 Å². The van der Waals surface area contributed by atoms with E-state index >= 15 is 0 Å². The molecule has 0 radical (unpaired) electrons. The van der Waals surface area contributed by atoms with Crippen molar-refractivity contribution in [3.63, 3.8) is 0 Å². The number of benzene rings is 1. The second kappa shape index (κ2) is 6.30. The third-order valence-corrected chi connectivity index (χ3v) is 4.60. The topological polar surface area (TPSA) is 47.7 Å². The Hall–Kier alpha value is -1.17. The molecule has 0 aliphatic carbocycles. The van der Waals surface area contributed by atoms with Gasteiger partial charge in [-0.25, -0.2) is 4.39 Å². The molecular formula is C16H23FN2O2. The van der Waals surface area contributed by atoms with Gasteiger partial charge in [0.15, 0.2) is 0 Å². The Labute approximate surface area is 125 Å². The fourth-order valence-corrected chi connectivity index (χ4v) is 3.41. The Morgan fingerprint density at radius 2 is 2.33 bits per heavy atom. The number of methoxy groups -OCH3 is 1. The number of halogens is 1. The van der Waals surface area contributed by atoms with Crippen LogP contribution in [-0.2, 0) is 11.2 Å². The van der Waals surface area contributed by atoms with Gasteiger partial charge in [-0.1, -0.05) is 0 Å². The first-order valence-corrected chi connectivity index (χ1v) is 7.61. The highest BCUT2D eigenvalue weighted by atomic mass is 19.1. The van der Waals surface area contributed by atoms with E-state index in [0.717, 1.165) is 43.7 Å². The molecular weight excluding hydrogens is 271 g/mol. The van der Waals surface area contributed by atoms with Crippen molar-refractivity contribution in [2.45, 2.75) is 37.5 Å². The van der Waals surface area contributed by atoms with Gasteiger partial charge in [-0.15, -0.1) is 0 Å². The summed E-state index contributed by atoms with van der Waals surface area (Å²) in [5.41, 5.74) is 6.87. The Bertz CT molecular complexity index is 497. The molecule has 0 spiro atoms. The van der Waals surface area contributed by atoms with Gasteiger partial charge in [-0.2, -0.15) is 0 Å². The van der Waals surface area contributed by atoms with Crippen LogP contribution in [0, 0.1) is 5.82 Å². The molecule has 2 heterocycles. The highest BCUT2D eigenvalue weighted by Crippen LogP contribution is 2.30. The zero-order chi connectivity index (χ0) is 14.8. The number of nitrogens with zero attached hydrogens (tertiary/aromatic N) is 1. The first-order chi connectivity index (χ1) is 10.2. The maximum Gasteiger partial charge on any atom is 0.123 e. The number of nitrogens with two attached hydrogens (primary N) is 1. The van der Waals surface area contributed by atoms with Crippen molar-refractivity contribution in [3.05, 3.63) is 29.6 Å². The van der Waals surface area contributed by atoms with Crippen LogP contribution in [0.2, 0.25) is 0 Å². The molecule has 1 aromatic rings. The van der Waals surface area contributed by atoms with Crippen LogP contribution in [0.3, 0.4) is 0 Å². The number of piperidine rings is 1. The van der Waals surface area contributed by atoms with Crippen LogP contribution < -0.4 is 10.5 Å². The van der Waals surface area contributed by atoms with E-state index < -0.39 is 0 Å². The summed E-state index contributed by atoms with van der Waals surface area (Å²) in [6, 6.07) is 5.09. The van der Waals surface area contributed by atoms with Gasteiger partial charge in [-0.05, 0) is 31.0 Å². The van der Waals surface area contributed by atoms with E-state index in [1.54, 1.807) is 19.2 Å². The molecule has 116 valence electrons. The van der Waals surface area contributed by atoms with Gasteiger partial charge in [0.05, 0.1) is 6.10 Å². The minimum Gasteiger partial charge on any atom is -0.488 e. The van der Waals surface area contributed by atoms with Crippen LogP contribution in [0.4, 0.5) is 4.39 Å². The lowest BCUT2D eigenvalue weighted by atomic mass is 9.98. The van der Waals surface area contributed by atoms with Crippen LogP contribution >= 0.6 is 0 Å². The van der Waals surface area contributed by atoms with Crippen LogP contribution in [0.15, 0.2) is 18.2 Å². The van der Waals surface area contributed by atoms with E-state index in [4.69, 9.17) is 15.2 Å². The van der Waals surface area contributed by atoms with Crippen molar-refractivity contribution < 1.29 is 13.9 Å². The molecule has 3 rings (SSSR count). The highest BCUT2D eigenvalue weighted by molar-refractivity contribution is 5.37. The first-order valence-electron chi connectivity index (χ1n) is 7.61. The Morgan fingerprint density at radius 1 is 1.48 bits per heavy atom. The normalized spacial score (nSPS) is 29.2. The fourth-order valence-electron chi connectivity index (χ4n) is 3.41. The van der Waals surface area contributed by atoms with E-state index in [1.165, 1.54) is 6.07 Å². The highest BCUT2D eigenvalue weighted by Gasteiger charge is 2.32. The zero-order valence-corrected chi connectivity index (χ0v) is 12.4. The largest absolute Gasteiger partial charge is 0.488 e. The maximum absolute atomic E-state index is 13.2. The van der Waals surface area contributed by atoms with Crippen LogP contribution in [0.1, 0.15) is 18.4 Å². The van der Waals surface area contributed by atoms with Crippen LogP contribution in [0.25, 0.3) is 0 Å². The molecule has 2 aliphatic rings. The van der Waals surface area contributed by atoms with E-state index in [1.807, 2.05) is 0 Å².